The van der Waals surface area contributed by atoms with Crippen molar-refractivity contribution in [3.05, 3.63) is 34.4 Å². The lowest BCUT2D eigenvalue weighted by Gasteiger charge is -2.56. The van der Waals surface area contributed by atoms with Gasteiger partial charge in [-0.25, -0.2) is 13.6 Å². The monoisotopic (exact) mass is 454 g/mol. The summed E-state index contributed by atoms with van der Waals surface area (Å²) in [5, 5.41) is 1.58. The van der Waals surface area contributed by atoms with Crippen molar-refractivity contribution < 1.29 is 31.5 Å². The fourth-order valence-electron chi connectivity index (χ4n) is 4.15. The summed E-state index contributed by atoms with van der Waals surface area (Å²) in [6, 6.07) is -2.59. The van der Waals surface area contributed by atoms with Gasteiger partial charge in [-0.05, 0) is 13.0 Å². The Kier molecular flexibility index (Phi) is 5.65. The predicted octanol–water partition coefficient (Wildman–Crippen LogP) is 2.81. The largest absolute Gasteiger partial charge is 0.403 e. The Labute approximate surface area is 174 Å². The van der Waals surface area contributed by atoms with Crippen LogP contribution in [0, 0.1) is 17.0 Å². The van der Waals surface area contributed by atoms with Crippen molar-refractivity contribution in [3.8, 4) is 0 Å². The van der Waals surface area contributed by atoms with Crippen molar-refractivity contribution in [2.75, 3.05) is 19.6 Å². The van der Waals surface area contributed by atoms with Crippen molar-refractivity contribution >= 4 is 23.5 Å². The molecule has 2 fully saturated rings. The molecule has 0 radical (unpaired) electrons. The number of nitrogens with zero attached hydrogens (tertiary/aromatic N) is 2. The Hall–Kier alpha value is -2.14. The first-order chi connectivity index (χ1) is 13.8. The molecule has 2 aliphatic heterocycles. The van der Waals surface area contributed by atoms with Crippen LogP contribution in [0.2, 0.25) is 5.02 Å². The molecule has 30 heavy (non-hydrogen) atoms. The Morgan fingerprint density at radius 2 is 1.93 bits per heavy atom. The third kappa shape index (κ3) is 3.80. The zero-order valence-electron chi connectivity index (χ0n) is 16.1. The van der Waals surface area contributed by atoms with Crippen LogP contribution in [0.3, 0.4) is 0 Å². The van der Waals surface area contributed by atoms with Gasteiger partial charge in [0.15, 0.2) is 0 Å². The smallest absolute Gasteiger partial charge is 0.368 e. The van der Waals surface area contributed by atoms with Gasteiger partial charge in [0.1, 0.15) is 28.7 Å². The molecule has 2 aliphatic rings. The highest BCUT2D eigenvalue weighted by Gasteiger charge is 2.56. The average molecular weight is 455 g/mol. The van der Waals surface area contributed by atoms with E-state index in [1.165, 1.54) is 0 Å². The van der Waals surface area contributed by atoms with Crippen molar-refractivity contribution in [2.45, 2.75) is 38.1 Å². The van der Waals surface area contributed by atoms with Gasteiger partial charge in [0, 0.05) is 24.1 Å². The van der Waals surface area contributed by atoms with Crippen molar-refractivity contribution in [3.63, 3.8) is 0 Å². The number of likely N-dealkylation sites (tertiary alicyclic amines) is 1. The molecule has 2 heterocycles. The fraction of sp³-hybridized carbons (Fsp3) is 0.556. The minimum atomic E-state index is -4.46. The van der Waals surface area contributed by atoms with E-state index in [0.717, 1.165) is 28.9 Å². The maximum Gasteiger partial charge on any atom is 0.403 e. The summed E-state index contributed by atoms with van der Waals surface area (Å²) in [4.78, 5) is 26.3. The van der Waals surface area contributed by atoms with Gasteiger partial charge in [-0.15, -0.1) is 0 Å². The van der Waals surface area contributed by atoms with Crippen molar-refractivity contribution in [1.82, 2.24) is 15.1 Å². The Morgan fingerprint density at radius 1 is 1.33 bits per heavy atom. The molecule has 1 aromatic rings. The van der Waals surface area contributed by atoms with Crippen LogP contribution < -0.4 is 11.1 Å². The molecule has 0 aromatic heterocycles. The van der Waals surface area contributed by atoms with Gasteiger partial charge in [-0.2, -0.15) is 13.2 Å². The number of benzene rings is 1. The maximum absolute atomic E-state index is 14.9. The number of amides is 3. The Bertz CT molecular complexity index is 875. The molecule has 1 aromatic carbocycles. The van der Waals surface area contributed by atoms with Crippen LogP contribution in [0.15, 0.2) is 12.1 Å². The average Bonchev–Trinajstić information content (AvgIpc) is 3.00. The number of carbonyl (C=O) groups is 2. The van der Waals surface area contributed by atoms with E-state index in [4.69, 9.17) is 17.3 Å². The van der Waals surface area contributed by atoms with Crippen LogP contribution in [0.1, 0.15) is 25.5 Å². The molecule has 1 unspecified atom stereocenters. The summed E-state index contributed by atoms with van der Waals surface area (Å²) in [6.07, 6.45) is -4.46. The normalized spacial score (nSPS) is 23.7. The Balaban J connectivity index is 1.99. The van der Waals surface area contributed by atoms with Gasteiger partial charge in [0.05, 0.1) is 12.6 Å². The lowest BCUT2D eigenvalue weighted by Crippen LogP contribution is -2.65. The van der Waals surface area contributed by atoms with Crippen molar-refractivity contribution in [2.24, 2.45) is 11.1 Å². The van der Waals surface area contributed by atoms with Crippen molar-refractivity contribution in [1.29, 1.82) is 0 Å². The van der Waals surface area contributed by atoms with Crippen LogP contribution in [0.25, 0.3) is 0 Å². The third-order valence-electron chi connectivity index (χ3n) is 5.76. The minimum absolute atomic E-state index is 0.113. The first-order valence-corrected chi connectivity index (χ1v) is 9.44. The van der Waals surface area contributed by atoms with E-state index >= 15 is 0 Å². The van der Waals surface area contributed by atoms with E-state index in [9.17, 15) is 31.5 Å². The lowest BCUT2D eigenvalue weighted by molar-refractivity contribution is -0.208. The second kappa shape index (κ2) is 7.52. The van der Waals surface area contributed by atoms with Crippen LogP contribution >= 0.6 is 11.6 Å². The van der Waals surface area contributed by atoms with Gasteiger partial charge >= 0.3 is 12.2 Å². The summed E-state index contributed by atoms with van der Waals surface area (Å²) in [6.45, 7) is 2.17. The van der Waals surface area contributed by atoms with Crippen LogP contribution in [-0.2, 0) is 4.79 Å². The van der Waals surface area contributed by atoms with E-state index in [-0.39, 0.29) is 25.2 Å². The number of halogens is 6. The second-order valence-electron chi connectivity index (χ2n) is 8.00. The number of nitrogens with one attached hydrogen (secondary N) is 1. The van der Waals surface area contributed by atoms with Gasteiger partial charge < -0.3 is 16.0 Å². The molecule has 0 bridgehead atoms. The standard InChI is InChI=1S/C18H20ClF5N4O2/c1-8(18(22,23)24)27-6-17(2,7-27)14(9-3-4-10(20)12(19)13(9)21)28-5-11(15(25)29)26-16(28)30/h3-4,8,11,14H,5-7H2,1-2H3,(H2,25,29)(H,26,30)/t8-,11?,14+/m0/s1. The molecule has 3 amide bonds. The zero-order chi connectivity index (χ0) is 22.6. The van der Waals surface area contributed by atoms with Crippen LogP contribution in [-0.4, -0.2) is 59.6 Å². The van der Waals surface area contributed by atoms with E-state index in [0.29, 0.717) is 0 Å². The highest BCUT2D eigenvalue weighted by atomic mass is 35.5. The van der Waals surface area contributed by atoms with E-state index in [2.05, 4.69) is 5.32 Å². The van der Waals surface area contributed by atoms with E-state index in [1.807, 2.05) is 0 Å². The molecule has 166 valence electrons. The molecule has 0 spiro atoms. The first-order valence-electron chi connectivity index (χ1n) is 9.07. The highest BCUT2D eigenvalue weighted by molar-refractivity contribution is 6.31. The summed E-state index contributed by atoms with van der Waals surface area (Å²) >= 11 is 5.70. The number of primary amides is 1. The van der Waals surface area contributed by atoms with Crippen LogP contribution in [0.4, 0.5) is 26.7 Å². The van der Waals surface area contributed by atoms with Crippen LogP contribution in [0.5, 0.6) is 0 Å². The van der Waals surface area contributed by atoms with E-state index in [1.54, 1.807) is 6.92 Å². The molecule has 3 rings (SSSR count). The van der Waals surface area contributed by atoms with Gasteiger partial charge in [-0.1, -0.05) is 24.6 Å². The summed E-state index contributed by atoms with van der Waals surface area (Å²) in [7, 11) is 0. The number of hydrogen-bond acceptors (Lipinski definition) is 3. The number of hydrogen-bond donors (Lipinski definition) is 2. The SMILES string of the molecule is C[C@H](N1CC(C)([C@@H](c2ccc(F)c(Cl)c2F)N2CC(C(N)=O)NC2=O)C1)C(F)(F)F. The quantitative estimate of drug-likeness (QED) is 0.530. The van der Waals surface area contributed by atoms with Gasteiger partial charge in [-0.3, -0.25) is 9.69 Å². The molecule has 0 aliphatic carbocycles. The molecule has 3 N–H and O–H groups in total. The summed E-state index contributed by atoms with van der Waals surface area (Å²) in [5.41, 5.74) is 4.07. The van der Waals surface area contributed by atoms with E-state index < -0.39 is 58.3 Å². The highest BCUT2D eigenvalue weighted by Crippen LogP contribution is 2.49. The van der Waals surface area contributed by atoms with Gasteiger partial charge in [0.25, 0.3) is 0 Å². The molecular formula is C18H20ClF5N4O2. The third-order valence-corrected chi connectivity index (χ3v) is 6.11. The first kappa shape index (κ1) is 22.5. The zero-order valence-corrected chi connectivity index (χ0v) is 16.8. The number of alkyl halides is 3. The Morgan fingerprint density at radius 3 is 2.43 bits per heavy atom. The number of nitrogens with two attached hydrogens (primary N) is 1. The fourth-order valence-corrected chi connectivity index (χ4v) is 4.32. The second-order valence-corrected chi connectivity index (χ2v) is 8.38. The maximum atomic E-state index is 14.9. The van der Waals surface area contributed by atoms with Gasteiger partial charge in [0.2, 0.25) is 5.91 Å². The molecule has 6 nitrogen and oxygen atoms in total. The molecule has 2 saturated heterocycles. The number of urea groups is 1. The summed E-state index contributed by atoms with van der Waals surface area (Å²) in [5.74, 6) is -2.93. The molecule has 12 heteroatoms. The molecule has 3 atom stereocenters. The molecular weight excluding hydrogens is 435 g/mol. The topological polar surface area (TPSA) is 78.7 Å². The minimum Gasteiger partial charge on any atom is -0.368 e. The number of rotatable bonds is 5. The lowest BCUT2D eigenvalue weighted by atomic mass is 9.71. The predicted molar refractivity (Wildman–Crippen MR) is 97.5 cm³/mol. The summed E-state index contributed by atoms with van der Waals surface area (Å²) < 4.78 is 67.8. The number of carbonyl (C=O) groups excluding carboxylic acids is 2. The molecule has 0 saturated carbocycles.